The second-order valence-electron chi connectivity index (χ2n) is 9.66. The van der Waals surface area contributed by atoms with Crippen molar-refractivity contribution in [3.63, 3.8) is 0 Å². The van der Waals surface area contributed by atoms with Gasteiger partial charge in [-0.05, 0) is 74.0 Å². The van der Waals surface area contributed by atoms with Crippen LogP contribution >= 0.6 is 0 Å². The maximum Gasteiger partial charge on any atom is 0.329 e. The van der Waals surface area contributed by atoms with E-state index in [1.165, 1.54) is 13.2 Å². The standard InChI is InChI=1S/C32H29FN4O5/c1-20-16-23(21(2)37(20)24-12-14-25(15-13-24)42-19-22-8-4-5-9-26(22)33)17-28-31(39)36(32(40)35-28)18-30(38)34-27-10-6-7-11-29(27)41-3/h4-17H,18-19H2,1-3H3,(H,34,38)(H,35,40). The molecule has 0 unspecified atom stereocenters. The molecule has 0 radical (unpaired) electrons. The molecule has 3 aromatic carbocycles. The van der Waals surface area contributed by atoms with E-state index in [1.807, 2.05) is 48.7 Å². The maximum absolute atomic E-state index is 13.9. The highest BCUT2D eigenvalue weighted by molar-refractivity contribution is 6.16. The zero-order chi connectivity index (χ0) is 29.8. The van der Waals surface area contributed by atoms with Crippen molar-refractivity contribution < 1.29 is 28.2 Å². The number of rotatable bonds is 9. The highest BCUT2D eigenvalue weighted by Crippen LogP contribution is 2.26. The number of halogens is 1. The molecule has 1 aliphatic heterocycles. The second kappa shape index (κ2) is 12.0. The molecule has 2 heterocycles. The van der Waals surface area contributed by atoms with E-state index >= 15 is 0 Å². The highest BCUT2D eigenvalue weighted by Gasteiger charge is 2.35. The van der Waals surface area contributed by atoms with Gasteiger partial charge < -0.3 is 24.7 Å². The lowest BCUT2D eigenvalue weighted by molar-refractivity contribution is -0.127. The van der Waals surface area contributed by atoms with Crippen molar-refractivity contribution in [1.29, 1.82) is 0 Å². The number of para-hydroxylation sites is 2. The van der Waals surface area contributed by atoms with Crippen LogP contribution in [0.5, 0.6) is 11.5 Å². The summed E-state index contributed by atoms with van der Waals surface area (Å²) in [6, 6.07) is 21.9. The number of nitrogens with one attached hydrogen (secondary N) is 2. The third-order valence-corrected chi connectivity index (χ3v) is 6.86. The number of urea groups is 1. The number of aromatic nitrogens is 1. The van der Waals surface area contributed by atoms with E-state index in [-0.39, 0.29) is 18.1 Å². The third-order valence-electron chi connectivity index (χ3n) is 6.86. The average Bonchev–Trinajstić information content (AvgIpc) is 3.41. The summed E-state index contributed by atoms with van der Waals surface area (Å²) in [6.45, 7) is 3.50. The number of nitrogens with zero attached hydrogens (tertiary/aromatic N) is 2. The molecule has 0 aliphatic carbocycles. The number of amides is 4. The molecule has 4 amide bonds. The molecular formula is C32H29FN4O5. The first-order valence-electron chi connectivity index (χ1n) is 13.2. The lowest BCUT2D eigenvalue weighted by atomic mass is 10.2. The summed E-state index contributed by atoms with van der Waals surface area (Å²) in [6.07, 6.45) is 1.60. The van der Waals surface area contributed by atoms with Crippen LogP contribution in [0.1, 0.15) is 22.5 Å². The van der Waals surface area contributed by atoms with Crippen LogP contribution < -0.4 is 20.1 Å². The lowest BCUT2D eigenvalue weighted by Crippen LogP contribution is -2.38. The Bertz CT molecular complexity index is 1690. The van der Waals surface area contributed by atoms with Gasteiger partial charge in [0.1, 0.15) is 36.2 Å². The molecule has 0 saturated carbocycles. The van der Waals surface area contributed by atoms with E-state index < -0.39 is 24.4 Å². The molecule has 1 aliphatic rings. The fourth-order valence-corrected chi connectivity index (χ4v) is 4.75. The van der Waals surface area contributed by atoms with Crippen molar-refractivity contribution in [3.8, 4) is 17.2 Å². The molecule has 10 heteroatoms. The summed E-state index contributed by atoms with van der Waals surface area (Å²) in [4.78, 5) is 39.1. The predicted octanol–water partition coefficient (Wildman–Crippen LogP) is 5.35. The Kier molecular flexibility index (Phi) is 8.05. The Morgan fingerprint density at radius 2 is 1.71 bits per heavy atom. The molecule has 214 valence electrons. The van der Waals surface area contributed by atoms with Gasteiger partial charge in [0, 0.05) is 22.6 Å². The Labute approximate surface area is 242 Å². The monoisotopic (exact) mass is 568 g/mol. The molecule has 0 atom stereocenters. The summed E-state index contributed by atoms with van der Waals surface area (Å²) < 4.78 is 26.9. The maximum atomic E-state index is 13.9. The van der Waals surface area contributed by atoms with E-state index in [0.717, 1.165) is 27.5 Å². The minimum atomic E-state index is -0.679. The number of hydrogen-bond donors (Lipinski definition) is 2. The Morgan fingerprint density at radius 3 is 2.45 bits per heavy atom. The van der Waals surface area contributed by atoms with E-state index in [1.54, 1.807) is 48.5 Å². The van der Waals surface area contributed by atoms with Gasteiger partial charge >= 0.3 is 6.03 Å². The van der Waals surface area contributed by atoms with Gasteiger partial charge in [-0.15, -0.1) is 0 Å². The molecule has 5 rings (SSSR count). The van der Waals surface area contributed by atoms with Crippen molar-refractivity contribution in [1.82, 2.24) is 14.8 Å². The lowest BCUT2D eigenvalue weighted by Gasteiger charge is -2.13. The normalized spacial score (nSPS) is 13.8. The van der Waals surface area contributed by atoms with Gasteiger partial charge in [0.2, 0.25) is 5.91 Å². The zero-order valence-electron chi connectivity index (χ0n) is 23.3. The minimum absolute atomic E-state index is 0.0715. The van der Waals surface area contributed by atoms with E-state index in [4.69, 9.17) is 9.47 Å². The smallest absolute Gasteiger partial charge is 0.329 e. The summed E-state index contributed by atoms with van der Waals surface area (Å²) in [7, 11) is 1.48. The molecule has 2 N–H and O–H groups in total. The summed E-state index contributed by atoms with van der Waals surface area (Å²) in [5, 5.41) is 5.24. The van der Waals surface area contributed by atoms with Gasteiger partial charge in [-0.3, -0.25) is 9.59 Å². The van der Waals surface area contributed by atoms with Crippen LogP contribution in [0.25, 0.3) is 11.8 Å². The fraction of sp³-hybridized carbons (Fsp3) is 0.156. The van der Waals surface area contributed by atoms with Crippen LogP contribution in [0, 0.1) is 19.7 Å². The van der Waals surface area contributed by atoms with Gasteiger partial charge in [-0.1, -0.05) is 30.3 Å². The van der Waals surface area contributed by atoms with Crippen LogP contribution in [0.15, 0.2) is 84.6 Å². The molecule has 1 aromatic heterocycles. The van der Waals surface area contributed by atoms with Crippen molar-refractivity contribution in [2.75, 3.05) is 19.0 Å². The minimum Gasteiger partial charge on any atom is -0.495 e. The summed E-state index contributed by atoms with van der Waals surface area (Å²) in [5.74, 6) is -0.393. The van der Waals surface area contributed by atoms with E-state index in [2.05, 4.69) is 10.6 Å². The number of benzene rings is 3. The van der Waals surface area contributed by atoms with Gasteiger partial charge in [-0.25, -0.2) is 14.1 Å². The van der Waals surface area contributed by atoms with Crippen LogP contribution in [-0.2, 0) is 16.2 Å². The summed E-state index contributed by atoms with van der Waals surface area (Å²) >= 11 is 0. The van der Waals surface area contributed by atoms with E-state index in [9.17, 15) is 18.8 Å². The fourth-order valence-electron chi connectivity index (χ4n) is 4.75. The van der Waals surface area contributed by atoms with Gasteiger partial charge in [0.25, 0.3) is 5.91 Å². The number of anilines is 1. The first kappa shape index (κ1) is 28.2. The quantitative estimate of drug-likeness (QED) is 0.209. The van der Waals surface area contributed by atoms with Crippen molar-refractivity contribution in [2.45, 2.75) is 20.5 Å². The van der Waals surface area contributed by atoms with Crippen LogP contribution in [0.2, 0.25) is 0 Å². The topological polar surface area (TPSA) is 102 Å². The van der Waals surface area contributed by atoms with Crippen molar-refractivity contribution >= 4 is 29.6 Å². The summed E-state index contributed by atoms with van der Waals surface area (Å²) in [5.41, 5.74) is 4.33. The molecule has 9 nitrogen and oxygen atoms in total. The molecule has 0 spiro atoms. The molecule has 4 aromatic rings. The predicted molar refractivity (Wildman–Crippen MR) is 156 cm³/mol. The number of methoxy groups -OCH3 is 1. The van der Waals surface area contributed by atoms with Gasteiger partial charge in [0.05, 0.1) is 12.8 Å². The van der Waals surface area contributed by atoms with Gasteiger partial charge in [0.15, 0.2) is 0 Å². The zero-order valence-corrected chi connectivity index (χ0v) is 23.3. The Hall–Kier alpha value is -5.38. The third kappa shape index (κ3) is 5.87. The first-order valence-corrected chi connectivity index (χ1v) is 13.2. The highest BCUT2D eigenvalue weighted by atomic mass is 19.1. The van der Waals surface area contributed by atoms with Crippen LogP contribution in [0.4, 0.5) is 14.9 Å². The molecule has 42 heavy (non-hydrogen) atoms. The van der Waals surface area contributed by atoms with E-state index in [0.29, 0.717) is 22.7 Å². The Morgan fingerprint density at radius 1 is 1.00 bits per heavy atom. The number of ether oxygens (including phenoxy) is 2. The number of hydrogen-bond acceptors (Lipinski definition) is 5. The second-order valence-corrected chi connectivity index (χ2v) is 9.66. The number of aryl methyl sites for hydroxylation is 1. The first-order chi connectivity index (χ1) is 20.2. The molecule has 0 bridgehead atoms. The molecule has 1 saturated heterocycles. The van der Waals surface area contributed by atoms with Crippen LogP contribution in [0.3, 0.4) is 0 Å². The van der Waals surface area contributed by atoms with Crippen molar-refractivity contribution in [3.05, 3.63) is 113 Å². The number of imide groups is 1. The number of carbonyl (C=O) groups excluding carboxylic acids is 3. The SMILES string of the molecule is COc1ccccc1NC(=O)CN1C(=O)NC(=Cc2cc(C)n(-c3ccc(OCc4ccccc4F)cc3)c2C)C1=O. The van der Waals surface area contributed by atoms with Crippen LogP contribution in [-0.4, -0.2) is 41.0 Å². The Balaban J connectivity index is 1.28. The largest absolute Gasteiger partial charge is 0.495 e. The van der Waals surface area contributed by atoms with Gasteiger partial charge in [-0.2, -0.15) is 0 Å². The molecule has 1 fully saturated rings. The average molecular weight is 569 g/mol. The molecular weight excluding hydrogens is 539 g/mol. The number of carbonyl (C=O) groups is 3. The van der Waals surface area contributed by atoms with Crippen molar-refractivity contribution in [2.24, 2.45) is 0 Å².